The van der Waals surface area contributed by atoms with Crippen LogP contribution in [-0.2, 0) is 11.3 Å². The average molecular weight is 206 g/mol. The Morgan fingerprint density at radius 2 is 2.20 bits per heavy atom. The first-order chi connectivity index (χ1) is 7.26. The highest BCUT2D eigenvalue weighted by molar-refractivity contribution is 5.80. The van der Waals surface area contributed by atoms with Crippen molar-refractivity contribution >= 4 is 5.78 Å². The molecule has 1 rings (SSSR count). The Morgan fingerprint density at radius 3 is 2.73 bits per heavy atom. The summed E-state index contributed by atoms with van der Waals surface area (Å²) in [5.41, 5.74) is 1.02. The third-order valence-corrected chi connectivity index (χ3v) is 2.35. The third-order valence-electron chi connectivity index (χ3n) is 2.35. The zero-order valence-electron chi connectivity index (χ0n) is 9.44. The summed E-state index contributed by atoms with van der Waals surface area (Å²) in [6.45, 7) is 6.12. The van der Waals surface area contributed by atoms with Gasteiger partial charge in [-0.25, -0.2) is 0 Å². The van der Waals surface area contributed by atoms with E-state index in [0.29, 0.717) is 13.0 Å². The largest absolute Gasteiger partial charge is 0.298 e. The zero-order valence-corrected chi connectivity index (χ0v) is 9.44. The third kappa shape index (κ3) is 4.21. The van der Waals surface area contributed by atoms with Crippen LogP contribution in [0, 0.1) is 0 Å². The van der Waals surface area contributed by atoms with Crippen LogP contribution in [0.25, 0.3) is 0 Å². The molecular formula is C12H18N2O. The lowest BCUT2D eigenvalue weighted by Crippen LogP contribution is -2.29. The van der Waals surface area contributed by atoms with Gasteiger partial charge in [-0.1, -0.05) is 19.9 Å². The molecule has 1 aromatic heterocycles. The van der Waals surface area contributed by atoms with E-state index in [0.717, 1.165) is 18.8 Å². The highest BCUT2D eigenvalue weighted by Gasteiger charge is 2.08. The summed E-state index contributed by atoms with van der Waals surface area (Å²) < 4.78 is 0. The van der Waals surface area contributed by atoms with E-state index in [-0.39, 0.29) is 5.78 Å². The lowest BCUT2D eigenvalue weighted by molar-refractivity contribution is -0.120. The summed E-state index contributed by atoms with van der Waals surface area (Å²) in [4.78, 5) is 17.7. The Bertz CT molecular complexity index is 298. The number of nitrogens with zero attached hydrogens (tertiary/aromatic N) is 2. The number of Topliss-reactive ketones (excluding diaryl/α,β-unsaturated/α-hetero) is 1. The summed E-state index contributed by atoms with van der Waals surface area (Å²) >= 11 is 0. The van der Waals surface area contributed by atoms with Crippen molar-refractivity contribution in [2.24, 2.45) is 0 Å². The average Bonchev–Trinajstić information content (AvgIpc) is 2.29. The van der Waals surface area contributed by atoms with E-state index >= 15 is 0 Å². The molecule has 0 spiro atoms. The van der Waals surface area contributed by atoms with Crippen molar-refractivity contribution < 1.29 is 4.79 Å². The Morgan fingerprint density at radius 1 is 1.40 bits per heavy atom. The first-order valence-corrected chi connectivity index (χ1v) is 5.40. The molecule has 0 atom stereocenters. The molecule has 0 aromatic carbocycles. The minimum Gasteiger partial charge on any atom is -0.298 e. The lowest BCUT2D eigenvalue weighted by Gasteiger charge is -2.18. The fourth-order valence-electron chi connectivity index (χ4n) is 1.36. The van der Waals surface area contributed by atoms with Crippen LogP contribution in [0.4, 0.5) is 0 Å². The molecule has 3 nitrogen and oxygen atoms in total. The molecule has 1 aromatic rings. The van der Waals surface area contributed by atoms with Gasteiger partial charge in [0.15, 0.2) is 0 Å². The van der Waals surface area contributed by atoms with Gasteiger partial charge in [0.25, 0.3) is 0 Å². The Balaban J connectivity index is 2.50. The number of likely N-dealkylation sites (N-methyl/N-ethyl adjacent to an activating group) is 1. The fraction of sp³-hybridized carbons (Fsp3) is 0.500. The zero-order chi connectivity index (χ0) is 11.1. The van der Waals surface area contributed by atoms with E-state index in [4.69, 9.17) is 0 Å². The van der Waals surface area contributed by atoms with Gasteiger partial charge < -0.3 is 0 Å². The number of ketones is 1. The van der Waals surface area contributed by atoms with Crippen LogP contribution >= 0.6 is 0 Å². The summed E-state index contributed by atoms with van der Waals surface area (Å²) in [5, 5.41) is 0. The Kier molecular flexibility index (Phi) is 4.98. The minimum atomic E-state index is 0.285. The van der Waals surface area contributed by atoms with Gasteiger partial charge in [0, 0.05) is 19.2 Å². The summed E-state index contributed by atoms with van der Waals surface area (Å²) in [6.07, 6.45) is 2.39. The Hall–Kier alpha value is -1.22. The molecule has 82 valence electrons. The van der Waals surface area contributed by atoms with Gasteiger partial charge in [-0.05, 0) is 18.7 Å². The molecule has 0 aliphatic rings. The van der Waals surface area contributed by atoms with E-state index < -0.39 is 0 Å². The second kappa shape index (κ2) is 6.30. The molecule has 1 heterocycles. The number of rotatable bonds is 6. The molecule has 0 aliphatic carbocycles. The second-order valence-corrected chi connectivity index (χ2v) is 3.52. The normalized spacial score (nSPS) is 10.6. The smallest absolute Gasteiger partial charge is 0.146 e. The maximum absolute atomic E-state index is 11.3. The van der Waals surface area contributed by atoms with Gasteiger partial charge >= 0.3 is 0 Å². The van der Waals surface area contributed by atoms with Crippen LogP contribution in [0.3, 0.4) is 0 Å². The highest BCUT2D eigenvalue weighted by atomic mass is 16.1. The SMILES string of the molecule is CCC(=O)CN(CC)Cc1ccccn1. The van der Waals surface area contributed by atoms with Crippen molar-refractivity contribution in [1.82, 2.24) is 9.88 Å². The molecule has 3 heteroatoms. The number of carbonyl (C=O) groups excluding carboxylic acids is 1. The maximum atomic E-state index is 11.3. The lowest BCUT2D eigenvalue weighted by atomic mass is 10.2. The van der Waals surface area contributed by atoms with Crippen LogP contribution in [0.1, 0.15) is 26.0 Å². The summed E-state index contributed by atoms with van der Waals surface area (Å²) in [6, 6.07) is 5.86. The number of pyridine rings is 1. The van der Waals surface area contributed by atoms with Gasteiger partial charge in [0.05, 0.1) is 12.2 Å². The topological polar surface area (TPSA) is 33.2 Å². The van der Waals surface area contributed by atoms with E-state index in [1.807, 2.05) is 25.1 Å². The molecule has 0 bridgehead atoms. The molecule has 0 fully saturated rings. The minimum absolute atomic E-state index is 0.285. The first-order valence-electron chi connectivity index (χ1n) is 5.40. The van der Waals surface area contributed by atoms with Gasteiger partial charge in [0.1, 0.15) is 5.78 Å². The number of carbonyl (C=O) groups is 1. The monoisotopic (exact) mass is 206 g/mol. The molecular weight excluding hydrogens is 188 g/mol. The predicted octanol–water partition coefficient (Wildman–Crippen LogP) is 1.88. The molecule has 0 aliphatic heterocycles. The van der Waals surface area contributed by atoms with E-state index in [1.165, 1.54) is 0 Å². The summed E-state index contributed by atoms with van der Waals surface area (Å²) in [7, 11) is 0. The van der Waals surface area contributed by atoms with Gasteiger partial charge in [0.2, 0.25) is 0 Å². The maximum Gasteiger partial charge on any atom is 0.146 e. The molecule has 0 saturated carbocycles. The summed E-state index contributed by atoms with van der Waals surface area (Å²) in [5.74, 6) is 0.285. The Labute approximate surface area is 91.1 Å². The highest BCUT2D eigenvalue weighted by Crippen LogP contribution is 2.01. The van der Waals surface area contributed by atoms with Crippen molar-refractivity contribution in [3.63, 3.8) is 0 Å². The van der Waals surface area contributed by atoms with Crippen LogP contribution in [0.2, 0.25) is 0 Å². The van der Waals surface area contributed by atoms with Crippen LogP contribution in [0.5, 0.6) is 0 Å². The molecule has 0 amide bonds. The van der Waals surface area contributed by atoms with Gasteiger partial charge in [-0.2, -0.15) is 0 Å². The second-order valence-electron chi connectivity index (χ2n) is 3.52. The van der Waals surface area contributed by atoms with Crippen LogP contribution in [0.15, 0.2) is 24.4 Å². The van der Waals surface area contributed by atoms with E-state index in [9.17, 15) is 4.79 Å². The van der Waals surface area contributed by atoms with Crippen LogP contribution < -0.4 is 0 Å². The van der Waals surface area contributed by atoms with Crippen molar-refractivity contribution in [3.8, 4) is 0 Å². The predicted molar refractivity (Wildman–Crippen MR) is 60.5 cm³/mol. The molecule has 0 saturated heterocycles. The van der Waals surface area contributed by atoms with E-state index in [2.05, 4.69) is 16.8 Å². The number of hydrogen-bond donors (Lipinski definition) is 0. The van der Waals surface area contributed by atoms with E-state index in [1.54, 1.807) is 6.20 Å². The molecule has 0 radical (unpaired) electrons. The molecule has 0 unspecified atom stereocenters. The van der Waals surface area contributed by atoms with Crippen molar-refractivity contribution in [3.05, 3.63) is 30.1 Å². The van der Waals surface area contributed by atoms with Gasteiger partial charge in [-0.3, -0.25) is 14.7 Å². The van der Waals surface area contributed by atoms with Crippen LogP contribution in [-0.4, -0.2) is 28.8 Å². The molecule has 0 N–H and O–H groups in total. The first kappa shape index (κ1) is 11.9. The number of hydrogen-bond acceptors (Lipinski definition) is 3. The fourth-order valence-corrected chi connectivity index (χ4v) is 1.36. The van der Waals surface area contributed by atoms with Gasteiger partial charge in [-0.15, -0.1) is 0 Å². The van der Waals surface area contributed by atoms with Crippen molar-refractivity contribution in [1.29, 1.82) is 0 Å². The van der Waals surface area contributed by atoms with Crippen molar-refractivity contribution in [2.75, 3.05) is 13.1 Å². The quantitative estimate of drug-likeness (QED) is 0.712. The van der Waals surface area contributed by atoms with Crippen molar-refractivity contribution in [2.45, 2.75) is 26.8 Å². The standard InChI is InChI=1S/C12H18N2O/c1-3-12(15)10-14(4-2)9-11-7-5-6-8-13-11/h5-8H,3-4,9-10H2,1-2H3. The number of aromatic nitrogens is 1. The molecule has 15 heavy (non-hydrogen) atoms.